The molecule has 2 rings (SSSR count). The zero-order chi connectivity index (χ0) is 15.5. The summed E-state index contributed by atoms with van der Waals surface area (Å²) in [6.45, 7) is 2.56. The summed E-state index contributed by atoms with van der Waals surface area (Å²) in [6, 6.07) is 1.24. The lowest BCUT2D eigenvalue weighted by Crippen LogP contribution is -2.33. The molecule has 0 atom stereocenters. The van der Waals surface area contributed by atoms with E-state index < -0.39 is 32.3 Å². The molecule has 0 saturated carbocycles. The van der Waals surface area contributed by atoms with Gasteiger partial charge in [0.05, 0.1) is 0 Å². The van der Waals surface area contributed by atoms with Crippen molar-refractivity contribution < 1.29 is 21.9 Å². The quantitative estimate of drug-likeness (QED) is 0.892. The second-order valence-electron chi connectivity index (χ2n) is 5.01. The summed E-state index contributed by atoms with van der Waals surface area (Å²) < 4.78 is 54.8. The number of ether oxygens (including phenoxy) is 1. The number of sulfonamides is 1. The Labute approximate surface area is 122 Å². The molecule has 0 aromatic heterocycles. The minimum atomic E-state index is -4.25. The average Bonchev–Trinajstić information content (AvgIpc) is 2.41. The first kappa shape index (κ1) is 16.1. The van der Waals surface area contributed by atoms with Crippen molar-refractivity contribution in [2.24, 2.45) is 5.14 Å². The molecule has 0 radical (unpaired) electrons. The monoisotopic (exact) mass is 320 g/mol. The van der Waals surface area contributed by atoms with E-state index in [-0.39, 0.29) is 6.61 Å². The van der Waals surface area contributed by atoms with Crippen molar-refractivity contribution >= 4 is 10.0 Å². The molecule has 2 N–H and O–H groups in total. The van der Waals surface area contributed by atoms with Crippen LogP contribution in [-0.2, 0) is 10.0 Å². The van der Waals surface area contributed by atoms with Gasteiger partial charge in [0, 0.05) is 12.6 Å². The van der Waals surface area contributed by atoms with Crippen molar-refractivity contribution in [3.8, 4) is 5.75 Å². The van der Waals surface area contributed by atoms with Crippen LogP contribution >= 0.6 is 0 Å². The fourth-order valence-corrected chi connectivity index (χ4v) is 3.04. The Morgan fingerprint density at radius 3 is 2.48 bits per heavy atom. The van der Waals surface area contributed by atoms with E-state index in [1.54, 1.807) is 0 Å². The van der Waals surface area contributed by atoms with Gasteiger partial charge in [0.15, 0.2) is 11.6 Å². The van der Waals surface area contributed by atoms with Crippen LogP contribution in [0, 0.1) is 11.6 Å². The third kappa shape index (κ3) is 4.36. The lowest BCUT2D eigenvalue weighted by Gasteiger charge is -2.26. The fraction of sp³-hybridized carbons (Fsp3) is 0.538. The van der Waals surface area contributed by atoms with Gasteiger partial charge in [0.2, 0.25) is 10.0 Å². The second kappa shape index (κ2) is 6.67. The molecule has 1 saturated heterocycles. The van der Waals surface area contributed by atoms with Gasteiger partial charge in [0.1, 0.15) is 17.3 Å². The maximum Gasteiger partial charge on any atom is 0.241 e. The van der Waals surface area contributed by atoms with Crippen LogP contribution < -0.4 is 9.88 Å². The number of nitrogens with zero attached hydrogens (tertiary/aromatic N) is 1. The van der Waals surface area contributed by atoms with Crippen molar-refractivity contribution in [1.82, 2.24) is 4.90 Å². The molecule has 1 aliphatic heterocycles. The molecule has 1 aliphatic rings. The number of hydrogen-bond donors (Lipinski definition) is 1. The third-order valence-electron chi connectivity index (χ3n) is 3.38. The summed E-state index contributed by atoms with van der Waals surface area (Å²) in [6.07, 6.45) is 3.40. The van der Waals surface area contributed by atoms with Crippen LogP contribution in [0.3, 0.4) is 0 Å². The Bertz CT molecular complexity index is 602. The summed E-state index contributed by atoms with van der Waals surface area (Å²) >= 11 is 0. The van der Waals surface area contributed by atoms with Crippen LogP contribution in [0.15, 0.2) is 17.0 Å². The smallest absolute Gasteiger partial charge is 0.241 e. The molecule has 0 amide bonds. The number of halogens is 2. The highest BCUT2D eigenvalue weighted by molar-refractivity contribution is 7.89. The van der Waals surface area contributed by atoms with Gasteiger partial charge in [-0.15, -0.1) is 0 Å². The Hall–Kier alpha value is -1.25. The van der Waals surface area contributed by atoms with Crippen molar-refractivity contribution in [2.75, 3.05) is 26.2 Å². The standard InChI is InChI=1S/C13H18F2N2O3S/c14-10-8-11(15)13(12(9-10)21(16,18)19)20-7-6-17-4-2-1-3-5-17/h8-9H,1-7H2,(H2,16,18,19). The van der Waals surface area contributed by atoms with Gasteiger partial charge in [-0.3, -0.25) is 4.90 Å². The van der Waals surface area contributed by atoms with Gasteiger partial charge in [-0.05, 0) is 32.0 Å². The topological polar surface area (TPSA) is 72.6 Å². The summed E-state index contributed by atoms with van der Waals surface area (Å²) in [5.74, 6) is -2.60. The normalized spacial score (nSPS) is 16.9. The number of hydrogen-bond acceptors (Lipinski definition) is 4. The minimum absolute atomic E-state index is 0.116. The van der Waals surface area contributed by atoms with E-state index in [4.69, 9.17) is 9.88 Å². The Kier molecular flexibility index (Phi) is 5.13. The maximum absolute atomic E-state index is 13.7. The molecular weight excluding hydrogens is 302 g/mol. The summed E-state index contributed by atoms with van der Waals surface area (Å²) in [4.78, 5) is 1.49. The fourth-order valence-electron chi connectivity index (χ4n) is 2.35. The van der Waals surface area contributed by atoms with E-state index in [1.807, 2.05) is 0 Å². The molecule has 0 bridgehead atoms. The summed E-state index contributed by atoms with van der Waals surface area (Å²) in [5, 5.41) is 4.96. The first-order valence-electron chi connectivity index (χ1n) is 6.75. The third-order valence-corrected chi connectivity index (χ3v) is 4.30. The maximum atomic E-state index is 13.7. The van der Waals surface area contributed by atoms with Crippen molar-refractivity contribution in [3.63, 3.8) is 0 Å². The Balaban J connectivity index is 2.08. The van der Waals surface area contributed by atoms with Crippen LogP contribution in [0.2, 0.25) is 0 Å². The van der Waals surface area contributed by atoms with E-state index in [1.165, 1.54) is 6.42 Å². The SMILES string of the molecule is NS(=O)(=O)c1cc(F)cc(F)c1OCCN1CCCCC1. The van der Waals surface area contributed by atoms with Gasteiger partial charge in [-0.25, -0.2) is 22.3 Å². The predicted octanol–water partition coefficient (Wildman–Crippen LogP) is 1.48. The van der Waals surface area contributed by atoms with E-state index >= 15 is 0 Å². The van der Waals surface area contributed by atoms with E-state index in [0.717, 1.165) is 25.9 Å². The highest BCUT2D eigenvalue weighted by Crippen LogP contribution is 2.27. The molecule has 21 heavy (non-hydrogen) atoms. The van der Waals surface area contributed by atoms with Crippen LogP contribution in [0.4, 0.5) is 8.78 Å². The largest absolute Gasteiger partial charge is 0.488 e. The Morgan fingerprint density at radius 1 is 1.19 bits per heavy atom. The number of benzene rings is 1. The summed E-state index contributed by atoms with van der Waals surface area (Å²) in [5.41, 5.74) is 0. The highest BCUT2D eigenvalue weighted by atomic mass is 32.2. The van der Waals surface area contributed by atoms with Gasteiger partial charge in [0.25, 0.3) is 0 Å². The van der Waals surface area contributed by atoms with Crippen LogP contribution in [0.1, 0.15) is 19.3 Å². The second-order valence-corrected chi connectivity index (χ2v) is 6.54. The average molecular weight is 320 g/mol. The lowest BCUT2D eigenvalue weighted by molar-refractivity contribution is 0.178. The van der Waals surface area contributed by atoms with Crippen LogP contribution in [-0.4, -0.2) is 39.6 Å². The molecule has 1 aromatic rings. The molecule has 0 unspecified atom stereocenters. The number of primary sulfonamides is 1. The number of rotatable bonds is 5. The molecule has 1 heterocycles. The molecule has 1 aromatic carbocycles. The molecule has 118 valence electrons. The highest BCUT2D eigenvalue weighted by Gasteiger charge is 2.21. The predicted molar refractivity (Wildman–Crippen MR) is 73.5 cm³/mol. The molecular formula is C13H18F2N2O3S. The molecule has 1 fully saturated rings. The van der Waals surface area contributed by atoms with Crippen LogP contribution in [0.5, 0.6) is 5.75 Å². The summed E-state index contributed by atoms with van der Waals surface area (Å²) in [7, 11) is -4.25. The van der Waals surface area contributed by atoms with Crippen molar-refractivity contribution in [2.45, 2.75) is 24.2 Å². The zero-order valence-electron chi connectivity index (χ0n) is 11.5. The first-order valence-corrected chi connectivity index (χ1v) is 8.29. The Morgan fingerprint density at radius 2 is 1.86 bits per heavy atom. The van der Waals surface area contributed by atoms with E-state index in [2.05, 4.69) is 4.90 Å². The number of nitrogens with two attached hydrogens (primary N) is 1. The molecule has 0 aliphatic carbocycles. The molecule has 5 nitrogen and oxygen atoms in total. The van der Waals surface area contributed by atoms with Gasteiger partial charge in [-0.2, -0.15) is 0 Å². The van der Waals surface area contributed by atoms with Gasteiger partial charge in [-0.1, -0.05) is 6.42 Å². The number of likely N-dealkylation sites (tertiary alicyclic amines) is 1. The van der Waals surface area contributed by atoms with Gasteiger partial charge < -0.3 is 4.74 Å². The zero-order valence-corrected chi connectivity index (χ0v) is 12.3. The van der Waals surface area contributed by atoms with E-state index in [0.29, 0.717) is 18.7 Å². The lowest BCUT2D eigenvalue weighted by atomic mass is 10.1. The molecule has 8 heteroatoms. The minimum Gasteiger partial charge on any atom is -0.488 e. The van der Waals surface area contributed by atoms with Crippen molar-refractivity contribution in [3.05, 3.63) is 23.8 Å². The first-order chi connectivity index (χ1) is 9.88. The molecule has 0 spiro atoms. The van der Waals surface area contributed by atoms with Crippen molar-refractivity contribution in [1.29, 1.82) is 0 Å². The number of piperidine rings is 1. The van der Waals surface area contributed by atoms with Crippen LogP contribution in [0.25, 0.3) is 0 Å². The van der Waals surface area contributed by atoms with Gasteiger partial charge >= 0.3 is 0 Å². The van der Waals surface area contributed by atoms with E-state index in [9.17, 15) is 17.2 Å².